The average molecular weight is 223 g/mol. The van der Waals surface area contributed by atoms with Crippen molar-refractivity contribution >= 4 is 11.7 Å². The van der Waals surface area contributed by atoms with Gasteiger partial charge in [0.15, 0.2) is 0 Å². The highest BCUT2D eigenvalue weighted by molar-refractivity contribution is 6.00. The van der Waals surface area contributed by atoms with Crippen molar-refractivity contribution in [1.29, 1.82) is 5.41 Å². The maximum Gasteiger partial charge on any atom is 0.137 e. The molecule has 0 radical (unpaired) electrons. The van der Waals surface area contributed by atoms with Crippen LogP contribution in [0.1, 0.15) is 25.1 Å². The van der Waals surface area contributed by atoms with E-state index in [-0.39, 0.29) is 5.84 Å². The molecule has 0 aliphatic rings. The molecule has 0 saturated carbocycles. The number of nitrogen functional groups attached to an aromatic ring is 1. The molecule has 0 saturated heterocycles. The van der Waals surface area contributed by atoms with E-state index < -0.39 is 0 Å². The number of nitrogens with two attached hydrogens (primary N) is 1. The lowest BCUT2D eigenvalue weighted by molar-refractivity contribution is 0.619. The Morgan fingerprint density at radius 1 is 1.56 bits per heavy atom. The molecule has 0 spiro atoms. The van der Waals surface area contributed by atoms with Gasteiger partial charge in [0.25, 0.3) is 0 Å². The van der Waals surface area contributed by atoms with Crippen LogP contribution in [-0.2, 0) is 7.05 Å². The fourth-order valence-corrected chi connectivity index (χ4v) is 2.03. The predicted molar refractivity (Wildman–Crippen MR) is 67.1 cm³/mol. The molecule has 0 fully saturated rings. The number of aryl methyl sites for hydroxylation is 2. The predicted octanol–water partition coefficient (Wildman–Crippen LogP) is 1.10. The molecule has 0 atom stereocenters. The molecule has 0 aliphatic carbocycles. The Labute approximate surface area is 96.7 Å². The minimum Gasteiger partial charge on any atom is -0.384 e. The van der Waals surface area contributed by atoms with Crippen LogP contribution in [0.2, 0.25) is 0 Å². The summed E-state index contributed by atoms with van der Waals surface area (Å²) in [6.45, 7) is 7.11. The summed E-state index contributed by atoms with van der Waals surface area (Å²) in [4.78, 5) is 2.10. The van der Waals surface area contributed by atoms with Crippen LogP contribution in [0, 0.1) is 18.3 Å². The number of anilines is 1. The number of amidine groups is 1. The van der Waals surface area contributed by atoms with Gasteiger partial charge in [0.1, 0.15) is 11.7 Å². The normalized spacial score (nSPS) is 10.9. The number of rotatable bonds is 4. The van der Waals surface area contributed by atoms with Gasteiger partial charge in [0, 0.05) is 20.6 Å². The summed E-state index contributed by atoms with van der Waals surface area (Å²) < 4.78 is 1.79. The second-order valence-electron chi connectivity index (χ2n) is 4.60. The average Bonchev–Trinajstić information content (AvgIpc) is 2.39. The standard InChI is InChI=1S/C11H21N5/c1-7(2)6-15(4)11-9(10(12)13)8(3)14-16(11)5/h7H,6H2,1-5H3,(H3,12,13). The molecule has 0 bridgehead atoms. The van der Waals surface area contributed by atoms with Crippen molar-refractivity contribution in [2.75, 3.05) is 18.5 Å². The third-order valence-corrected chi connectivity index (χ3v) is 2.46. The van der Waals surface area contributed by atoms with Gasteiger partial charge in [-0.25, -0.2) is 0 Å². The minimum absolute atomic E-state index is 0.0798. The van der Waals surface area contributed by atoms with E-state index in [4.69, 9.17) is 11.1 Å². The maximum absolute atomic E-state index is 7.60. The third-order valence-electron chi connectivity index (χ3n) is 2.46. The lowest BCUT2D eigenvalue weighted by atomic mass is 10.2. The highest BCUT2D eigenvalue weighted by Gasteiger charge is 2.19. The second-order valence-corrected chi connectivity index (χ2v) is 4.60. The molecular formula is C11H21N5. The molecule has 1 aromatic heterocycles. The van der Waals surface area contributed by atoms with Crippen LogP contribution in [0.4, 0.5) is 5.82 Å². The van der Waals surface area contributed by atoms with Crippen LogP contribution in [0.5, 0.6) is 0 Å². The smallest absolute Gasteiger partial charge is 0.137 e. The van der Waals surface area contributed by atoms with E-state index in [0.29, 0.717) is 5.92 Å². The van der Waals surface area contributed by atoms with Gasteiger partial charge >= 0.3 is 0 Å². The third kappa shape index (κ3) is 2.35. The van der Waals surface area contributed by atoms with E-state index in [0.717, 1.165) is 23.6 Å². The van der Waals surface area contributed by atoms with Gasteiger partial charge in [0.2, 0.25) is 0 Å². The van der Waals surface area contributed by atoms with E-state index in [1.807, 2.05) is 21.0 Å². The van der Waals surface area contributed by atoms with Crippen LogP contribution >= 0.6 is 0 Å². The van der Waals surface area contributed by atoms with Crippen molar-refractivity contribution in [3.63, 3.8) is 0 Å². The molecule has 1 aromatic rings. The van der Waals surface area contributed by atoms with E-state index in [1.165, 1.54) is 0 Å². The van der Waals surface area contributed by atoms with Crippen molar-refractivity contribution in [2.24, 2.45) is 18.7 Å². The van der Waals surface area contributed by atoms with Crippen LogP contribution in [0.25, 0.3) is 0 Å². The van der Waals surface area contributed by atoms with Gasteiger partial charge in [-0.05, 0) is 12.8 Å². The van der Waals surface area contributed by atoms with Crippen LogP contribution in [-0.4, -0.2) is 29.2 Å². The highest BCUT2D eigenvalue weighted by atomic mass is 15.4. The first-order chi connectivity index (χ1) is 7.34. The number of hydrogen-bond acceptors (Lipinski definition) is 3. The highest BCUT2D eigenvalue weighted by Crippen LogP contribution is 2.22. The zero-order valence-corrected chi connectivity index (χ0v) is 10.7. The van der Waals surface area contributed by atoms with Gasteiger partial charge in [0.05, 0.1) is 11.3 Å². The fraction of sp³-hybridized carbons (Fsp3) is 0.636. The first-order valence-corrected chi connectivity index (χ1v) is 5.43. The Morgan fingerprint density at radius 3 is 2.56 bits per heavy atom. The van der Waals surface area contributed by atoms with Crippen molar-refractivity contribution in [3.8, 4) is 0 Å². The van der Waals surface area contributed by atoms with Crippen LogP contribution < -0.4 is 10.6 Å². The molecule has 0 amide bonds. The molecule has 3 N–H and O–H groups in total. The first kappa shape index (κ1) is 12.5. The van der Waals surface area contributed by atoms with Gasteiger partial charge in [-0.15, -0.1) is 0 Å². The first-order valence-electron chi connectivity index (χ1n) is 5.43. The lowest BCUT2D eigenvalue weighted by Gasteiger charge is -2.22. The molecule has 16 heavy (non-hydrogen) atoms. The summed E-state index contributed by atoms with van der Waals surface area (Å²) >= 11 is 0. The van der Waals surface area contributed by atoms with Crippen LogP contribution in [0.3, 0.4) is 0 Å². The van der Waals surface area contributed by atoms with Crippen molar-refractivity contribution in [2.45, 2.75) is 20.8 Å². The zero-order valence-electron chi connectivity index (χ0n) is 10.7. The summed E-state index contributed by atoms with van der Waals surface area (Å²) in [6.07, 6.45) is 0. The van der Waals surface area contributed by atoms with Crippen molar-refractivity contribution in [3.05, 3.63) is 11.3 Å². The number of aromatic nitrogens is 2. The summed E-state index contributed by atoms with van der Waals surface area (Å²) in [6, 6.07) is 0. The monoisotopic (exact) mass is 223 g/mol. The summed E-state index contributed by atoms with van der Waals surface area (Å²) in [5.74, 6) is 1.55. The van der Waals surface area contributed by atoms with Gasteiger partial charge < -0.3 is 10.6 Å². The minimum atomic E-state index is 0.0798. The Morgan fingerprint density at radius 2 is 2.12 bits per heavy atom. The SMILES string of the molecule is Cc1nn(C)c(N(C)CC(C)C)c1C(=N)N. The fourth-order valence-electron chi connectivity index (χ4n) is 2.03. The van der Waals surface area contributed by atoms with Gasteiger partial charge in [-0.1, -0.05) is 13.8 Å². The largest absolute Gasteiger partial charge is 0.384 e. The van der Waals surface area contributed by atoms with Crippen molar-refractivity contribution in [1.82, 2.24) is 9.78 Å². The van der Waals surface area contributed by atoms with E-state index in [1.54, 1.807) is 4.68 Å². The molecule has 0 aromatic carbocycles. The zero-order chi connectivity index (χ0) is 12.5. The number of nitrogens with one attached hydrogen (secondary N) is 1. The number of hydrogen-bond donors (Lipinski definition) is 2. The van der Waals surface area contributed by atoms with Gasteiger partial charge in [-0.3, -0.25) is 10.1 Å². The summed E-state index contributed by atoms with van der Waals surface area (Å²) in [5, 5.41) is 11.9. The molecular weight excluding hydrogens is 202 g/mol. The van der Waals surface area contributed by atoms with Crippen LogP contribution in [0.15, 0.2) is 0 Å². The summed E-state index contributed by atoms with van der Waals surface area (Å²) in [5.41, 5.74) is 7.15. The summed E-state index contributed by atoms with van der Waals surface area (Å²) in [7, 11) is 3.88. The van der Waals surface area contributed by atoms with E-state index in [2.05, 4.69) is 23.8 Å². The second kappa shape index (κ2) is 4.55. The Kier molecular flexibility index (Phi) is 3.57. The topological polar surface area (TPSA) is 70.9 Å². The lowest BCUT2D eigenvalue weighted by Crippen LogP contribution is -2.27. The van der Waals surface area contributed by atoms with E-state index in [9.17, 15) is 0 Å². The molecule has 1 heterocycles. The molecule has 0 unspecified atom stereocenters. The Bertz CT molecular complexity index is 391. The van der Waals surface area contributed by atoms with Crippen molar-refractivity contribution < 1.29 is 0 Å². The quantitative estimate of drug-likeness (QED) is 0.593. The Balaban J connectivity index is 3.16. The Hall–Kier alpha value is -1.52. The van der Waals surface area contributed by atoms with Gasteiger partial charge in [-0.2, -0.15) is 5.10 Å². The molecule has 0 aliphatic heterocycles. The molecule has 1 rings (SSSR count). The maximum atomic E-state index is 7.60. The molecule has 90 valence electrons. The molecule has 5 nitrogen and oxygen atoms in total. The molecule has 5 heteroatoms. The number of nitrogens with zero attached hydrogens (tertiary/aromatic N) is 3. The van der Waals surface area contributed by atoms with E-state index >= 15 is 0 Å².